The largest absolute Gasteiger partial charge is 0.390 e. The molecule has 2 heterocycles. The molecule has 0 aliphatic rings. The van der Waals surface area contributed by atoms with Crippen molar-refractivity contribution < 1.29 is 4.42 Å². The van der Waals surface area contributed by atoms with Gasteiger partial charge in [0.2, 0.25) is 0 Å². The van der Waals surface area contributed by atoms with Gasteiger partial charge in [0.1, 0.15) is 0 Å². The third-order valence-corrected chi connectivity index (χ3v) is 2.87. The zero-order chi connectivity index (χ0) is 10.7. The Morgan fingerprint density at radius 1 is 1.53 bits per heavy atom. The first-order valence-corrected chi connectivity index (χ1v) is 5.54. The maximum Gasteiger partial charge on any atom is 0.319 e. The number of hydrogen-bond donors (Lipinski definition) is 1. The van der Waals surface area contributed by atoms with Crippen molar-refractivity contribution in [3.63, 3.8) is 0 Å². The number of thiophene rings is 1. The number of rotatable bonds is 4. The lowest BCUT2D eigenvalue weighted by atomic mass is 10.4. The molecule has 2 aromatic rings. The number of nitrogens with two attached hydrogens (primary N) is 1. The summed E-state index contributed by atoms with van der Waals surface area (Å²) < 4.78 is 5.17. The average Bonchev–Trinajstić information content (AvgIpc) is 2.85. The van der Waals surface area contributed by atoms with Gasteiger partial charge in [0.25, 0.3) is 0 Å². The molecular weight excluding hydrogens is 212 g/mol. The topological polar surface area (TPSA) is 68.2 Å². The van der Waals surface area contributed by atoms with Crippen LogP contribution in [0.3, 0.4) is 0 Å². The second-order valence-corrected chi connectivity index (χ2v) is 4.05. The summed E-state index contributed by atoms with van der Waals surface area (Å²) in [5, 5.41) is 9.54. The Balaban J connectivity index is 2.11. The van der Waals surface area contributed by atoms with Crippen molar-refractivity contribution in [3.05, 3.63) is 22.4 Å². The van der Waals surface area contributed by atoms with Crippen molar-refractivity contribution in [3.8, 4) is 0 Å². The van der Waals surface area contributed by atoms with Crippen molar-refractivity contribution >= 4 is 23.4 Å². The summed E-state index contributed by atoms with van der Waals surface area (Å²) in [5.41, 5.74) is 5.38. The van der Waals surface area contributed by atoms with Crippen LogP contribution in [0.1, 0.15) is 11.8 Å². The fourth-order valence-electron chi connectivity index (χ4n) is 1.26. The lowest BCUT2D eigenvalue weighted by Crippen LogP contribution is -2.21. The highest BCUT2D eigenvalue weighted by atomic mass is 32.1. The van der Waals surface area contributed by atoms with Gasteiger partial charge in [-0.25, -0.2) is 0 Å². The molecule has 2 N–H and O–H groups in total. The molecule has 0 amide bonds. The first-order chi connectivity index (χ1) is 7.29. The predicted octanol–water partition coefficient (Wildman–Crippen LogP) is 1.74. The van der Waals surface area contributed by atoms with Crippen LogP contribution in [-0.4, -0.2) is 16.7 Å². The van der Waals surface area contributed by atoms with Crippen LogP contribution in [0.25, 0.3) is 0 Å². The molecule has 0 aliphatic carbocycles. The number of nitrogen functional groups attached to an aromatic ring is 1. The van der Waals surface area contributed by atoms with Crippen LogP contribution >= 0.6 is 11.3 Å². The molecule has 80 valence electrons. The third kappa shape index (κ3) is 2.27. The predicted molar refractivity (Wildman–Crippen MR) is 59.8 cm³/mol. The number of hydrogen-bond acceptors (Lipinski definition) is 6. The van der Waals surface area contributed by atoms with E-state index in [0.29, 0.717) is 6.01 Å². The zero-order valence-electron chi connectivity index (χ0n) is 8.38. The lowest BCUT2D eigenvalue weighted by molar-refractivity contribution is 0.550. The standard InChI is InChI=1S/C9H12N4OS/c1-2-13(6-7-4-3-5-15-7)9-12-11-8(10)14-9/h3-5H,2,6H2,1H3,(H2,10,11). The van der Waals surface area contributed by atoms with Gasteiger partial charge in [0, 0.05) is 11.4 Å². The van der Waals surface area contributed by atoms with Crippen LogP contribution in [0.2, 0.25) is 0 Å². The van der Waals surface area contributed by atoms with E-state index < -0.39 is 0 Å². The summed E-state index contributed by atoms with van der Waals surface area (Å²) >= 11 is 1.71. The summed E-state index contributed by atoms with van der Waals surface area (Å²) in [6.07, 6.45) is 0. The fraction of sp³-hybridized carbons (Fsp3) is 0.333. The Morgan fingerprint density at radius 2 is 2.40 bits per heavy atom. The van der Waals surface area contributed by atoms with Crippen molar-refractivity contribution in [1.82, 2.24) is 10.2 Å². The maximum absolute atomic E-state index is 5.38. The maximum atomic E-state index is 5.38. The van der Waals surface area contributed by atoms with E-state index >= 15 is 0 Å². The SMILES string of the molecule is CCN(Cc1cccs1)c1nnc(N)o1. The summed E-state index contributed by atoms with van der Waals surface area (Å²) in [4.78, 5) is 3.24. The molecule has 0 saturated carbocycles. The van der Waals surface area contributed by atoms with Crippen molar-refractivity contribution in [2.75, 3.05) is 17.2 Å². The van der Waals surface area contributed by atoms with E-state index in [9.17, 15) is 0 Å². The van der Waals surface area contributed by atoms with Gasteiger partial charge < -0.3 is 15.1 Å². The molecule has 0 bridgehead atoms. The van der Waals surface area contributed by atoms with Crippen LogP contribution in [0.4, 0.5) is 12.0 Å². The second kappa shape index (κ2) is 4.31. The molecule has 0 atom stereocenters. The molecule has 6 heteroatoms. The Morgan fingerprint density at radius 3 is 2.93 bits per heavy atom. The molecule has 0 radical (unpaired) electrons. The summed E-state index contributed by atoms with van der Waals surface area (Å²) in [5.74, 6) is 0. The molecule has 2 aromatic heterocycles. The molecule has 0 spiro atoms. The van der Waals surface area contributed by atoms with Crippen LogP contribution in [0.5, 0.6) is 0 Å². The van der Waals surface area contributed by atoms with E-state index in [4.69, 9.17) is 10.2 Å². The molecule has 0 saturated heterocycles. The van der Waals surface area contributed by atoms with Crippen LogP contribution in [0, 0.1) is 0 Å². The molecule has 5 nitrogen and oxygen atoms in total. The van der Waals surface area contributed by atoms with Gasteiger partial charge >= 0.3 is 12.0 Å². The average molecular weight is 224 g/mol. The zero-order valence-corrected chi connectivity index (χ0v) is 9.20. The first kappa shape index (κ1) is 9.97. The van der Waals surface area contributed by atoms with E-state index in [2.05, 4.69) is 16.3 Å². The molecular formula is C9H12N4OS. The highest BCUT2D eigenvalue weighted by Crippen LogP contribution is 2.18. The van der Waals surface area contributed by atoms with Gasteiger partial charge in [-0.05, 0) is 18.4 Å². The van der Waals surface area contributed by atoms with Crippen molar-refractivity contribution in [1.29, 1.82) is 0 Å². The van der Waals surface area contributed by atoms with Crippen LogP contribution in [0.15, 0.2) is 21.9 Å². The normalized spacial score (nSPS) is 10.5. The van der Waals surface area contributed by atoms with Gasteiger partial charge in [-0.3, -0.25) is 0 Å². The van der Waals surface area contributed by atoms with Gasteiger partial charge in [0.15, 0.2) is 0 Å². The van der Waals surface area contributed by atoms with E-state index in [1.54, 1.807) is 11.3 Å². The molecule has 2 rings (SSSR count). The monoisotopic (exact) mass is 224 g/mol. The molecule has 0 aliphatic heterocycles. The Hall–Kier alpha value is -1.56. The minimum Gasteiger partial charge on any atom is -0.390 e. The molecule has 0 aromatic carbocycles. The number of anilines is 2. The Bertz CT molecular complexity index is 411. The minimum atomic E-state index is 0.106. The second-order valence-electron chi connectivity index (χ2n) is 3.02. The fourth-order valence-corrected chi connectivity index (χ4v) is 1.98. The van der Waals surface area contributed by atoms with Crippen molar-refractivity contribution in [2.24, 2.45) is 0 Å². The van der Waals surface area contributed by atoms with E-state index in [1.807, 2.05) is 23.3 Å². The smallest absolute Gasteiger partial charge is 0.319 e. The lowest BCUT2D eigenvalue weighted by Gasteiger charge is -2.16. The molecule has 0 unspecified atom stereocenters. The van der Waals surface area contributed by atoms with E-state index in [-0.39, 0.29) is 6.01 Å². The van der Waals surface area contributed by atoms with Gasteiger partial charge in [-0.2, -0.15) is 0 Å². The number of aromatic nitrogens is 2. The van der Waals surface area contributed by atoms with Crippen molar-refractivity contribution in [2.45, 2.75) is 13.5 Å². The molecule has 15 heavy (non-hydrogen) atoms. The Kier molecular flexibility index (Phi) is 2.86. The first-order valence-electron chi connectivity index (χ1n) is 4.66. The molecule has 0 fully saturated rings. The summed E-state index contributed by atoms with van der Waals surface area (Å²) in [7, 11) is 0. The van der Waals surface area contributed by atoms with E-state index in [1.165, 1.54) is 4.88 Å². The summed E-state index contributed by atoms with van der Waals surface area (Å²) in [6, 6.07) is 4.68. The van der Waals surface area contributed by atoms with Crippen LogP contribution < -0.4 is 10.6 Å². The van der Waals surface area contributed by atoms with Crippen LogP contribution in [-0.2, 0) is 6.54 Å². The summed E-state index contributed by atoms with van der Waals surface area (Å²) in [6.45, 7) is 3.61. The van der Waals surface area contributed by atoms with Gasteiger partial charge in [-0.1, -0.05) is 16.3 Å². The van der Waals surface area contributed by atoms with Gasteiger partial charge in [0.05, 0.1) is 6.54 Å². The highest BCUT2D eigenvalue weighted by molar-refractivity contribution is 7.09. The van der Waals surface area contributed by atoms with E-state index in [0.717, 1.165) is 13.1 Å². The Labute approximate surface area is 91.5 Å². The quantitative estimate of drug-likeness (QED) is 0.856. The third-order valence-electron chi connectivity index (χ3n) is 2.01. The minimum absolute atomic E-state index is 0.106. The van der Waals surface area contributed by atoms with Gasteiger partial charge in [-0.15, -0.1) is 11.3 Å². The highest BCUT2D eigenvalue weighted by Gasteiger charge is 2.12. The number of nitrogens with zero attached hydrogens (tertiary/aromatic N) is 3.